The third-order valence-corrected chi connectivity index (χ3v) is 3.87. The molecule has 2 rings (SSSR count). The lowest BCUT2D eigenvalue weighted by molar-refractivity contribution is 0.378. The van der Waals surface area contributed by atoms with Gasteiger partial charge in [-0.2, -0.15) is 0 Å². The number of benzene rings is 1. The van der Waals surface area contributed by atoms with Crippen LogP contribution in [-0.2, 0) is 0 Å². The first-order valence-electron chi connectivity index (χ1n) is 6.76. The molecule has 1 aromatic rings. The van der Waals surface area contributed by atoms with Gasteiger partial charge in [0.2, 0.25) is 0 Å². The van der Waals surface area contributed by atoms with E-state index in [1.807, 2.05) is 7.05 Å². The van der Waals surface area contributed by atoms with Crippen LogP contribution in [0, 0.1) is 12.8 Å². The van der Waals surface area contributed by atoms with E-state index in [1.54, 1.807) is 0 Å². The van der Waals surface area contributed by atoms with Crippen molar-refractivity contribution in [3.05, 3.63) is 29.8 Å². The van der Waals surface area contributed by atoms with Gasteiger partial charge >= 0.3 is 0 Å². The molecule has 0 unspecified atom stereocenters. The van der Waals surface area contributed by atoms with E-state index < -0.39 is 0 Å². The molecule has 2 heteroatoms. The van der Waals surface area contributed by atoms with Gasteiger partial charge in [0, 0.05) is 18.8 Å². The second kappa shape index (κ2) is 6.06. The van der Waals surface area contributed by atoms with E-state index in [0.717, 1.165) is 12.5 Å². The second-order valence-corrected chi connectivity index (χ2v) is 5.11. The minimum absolute atomic E-state index is 0.919. The highest BCUT2D eigenvalue weighted by Gasteiger charge is 2.19. The Labute approximate surface area is 105 Å². The maximum atomic E-state index is 3.25. The summed E-state index contributed by atoms with van der Waals surface area (Å²) in [5.41, 5.74) is 2.83. The minimum atomic E-state index is 0.919. The van der Waals surface area contributed by atoms with Crippen molar-refractivity contribution in [1.29, 1.82) is 0 Å². The van der Waals surface area contributed by atoms with Gasteiger partial charge in [-0.3, -0.25) is 0 Å². The highest BCUT2D eigenvalue weighted by atomic mass is 15.1. The molecular weight excluding hydrogens is 208 g/mol. The molecule has 0 radical (unpaired) electrons. The molecule has 0 aromatic heterocycles. The number of piperidine rings is 1. The number of nitrogens with one attached hydrogen (secondary N) is 1. The van der Waals surface area contributed by atoms with E-state index in [0.29, 0.717) is 0 Å². The highest BCUT2D eigenvalue weighted by molar-refractivity contribution is 5.53. The monoisotopic (exact) mass is 232 g/mol. The van der Waals surface area contributed by atoms with Gasteiger partial charge in [0.15, 0.2) is 0 Å². The van der Waals surface area contributed by atoms with Gasteiger partial charge in [0.05, 0.1) is 0 Å². The van der Waals surface area contributed by atoms with Crippen LogP contribution in [0.1, 0.15) is 24.8 Å². The van der Waals surface area contributed by atoms with Crippen molar-refractivity contribution in [2.45, 2.75) is 26.2 Å². The third-order valence-electron chi connectivity index (χ3n) is 3.87. The largest absolute Gasteiger partial charge is 0.371 e. The first-order valence-corrected chi connectivity index (χ1v) is 6.76. The average molecular weight is 232 g/mol. The Morgan fingerprint density at radius 1 is 1.24 bits per heavy atom. The van der Waals surface area contributed by atoms with Gasteiger partial charge in [-0.25, -0.2) is 0 Å². The Bertz CT molecular complexity index is 341. The van der Waals surface area contributed by atoms with Crippen LogP contribution in [0.25, 0.3) is 0 Å². The van der Waals surface area contributed by atoms with Crippen LogP contribution in [0.15, 0.2) is 24.3 Å². The molecular formula is C15H24N2. The van der Waals surface area contributed by atoms with Crippen molar-refractivity contribution in [3.8, 4) is 0 Å². The third kappa shape index (κ3) is 3.22. The highest BCUT2D eigenvalue weighted by Crippen LogP contribution is 2.26. The van der Waals surface area contributed by atoms with Crippen LogP contribution < -0.4 is 10.2 Å². The van der Waals surface area contributed by atoms with Crippen molar-refractivity contribution < 1.29 is 0 Å². The van der Waals surface area contributed by atoms with Crippen molar-refractivity contribution in [2.75, 3.05) is 31.6 Å². The van der Waals surface area contributed by atoms with Crippen LogP contribution in [0.3, 0.4) is 0 Å². The summed E-state index contributed by atoms with van der Waals surface area (Å²) in [4.78, 5) is 2.55. The Balaban J connectivity index is 1.89. The zero-order chi connectivity index (χ0) is 12.1. The molecule has 1 saturated heterocycles. The molecule has 1 heterocycles. The van der Waals surface area contributed by atoms with Crippen molar-refractivity contribution in [3.63, 3.8) is 0 Å². The van der Waals surface area contributed by atoms with E-state index in [4.69, 9.17) is 0 Å². The molecule has 0 atom stereocenters. The molecule has 0 saturated carbocycles. The van der Waals surface area contributed by atoms with Crippen LogP contribution in [0.2, 0.25) is 0 Å². The van der Waals surface area contributed by atoms with Crippen LogP contribution >= 0.6 is 0 Å². The lowest BCUT2D eigenvalue weighted by Crippen LogP contribution is -2.34. The van der Waals surface area contributed by atoms with E-state index in [-0.39, 0.29) is 0 Å². The molecule has 1 N–H and O–H groups in total. The standard InChI is InChI=1S/C15H24N2/c1-13-5-3-4-6-15(13)17-11-8-14(9-12-17)7-10-16-2/h3-6,14,16H,7-12H2,1-2H3. The predicted molar refractivity (Wildman–Crippen MR) is 74.7 cm³/mol. The topological polar surface area (TPSA) is 15.3 Å². The Morgan fingerprint density at radius 2 is 1.94 bits per heavy atom. The molecule has 0 amide bonds. The maximum absolute atomic E-state index is 3.25. The normalized spacial score (nSPS) is 17.4. The molecule has 1 aliphatic rings. The van der Waals surface area contributed by atoms with Crippen molar-refractivity contribution in [2.24, 2.45) is 5.92 Å². The molecule has 2 nitrogen and oxygen atoms in total. The van der Waals surface area contributed by atoms with Crippen molar-refractivity contribution in [1.82, 2.24) is 5.32 Å². The van der Waals surface area contributed by atoms with Gasteiger partial charge in [0.25, 0.3) is 0 Å². The lowest BCUT2D eigenvalue weighted by Gasteiger charge is -2.34. The number of para-hydroxylation sites is 1. The molecule has 0 bridgehead atoms. The van der Waals surface area contributed by atoms with E-state index in [9.17, 15) is 0 Å². The predicted octanol–water partition coefficient (Wildman–Crippen LogP) is 2.82. The lowest BCUT2D eigenvalue weighted by atomic mass is 9.93. The van der Waals surface area contributed by atoms with Gasteiger partial charge in [0.1, 0.15) is 0 Å². The van der Waals surface area contributed by atoms with Gasteiger partial charge in [-0.1, -0.05) is 18.2 Å². The summed E-state index contributed by atoms with van der Waals surface area (Å²) in [6, 6.07) is 8.74. The summed E-state index contributed by atoms with van der Waals surface area (Å²) in [6.45, 7) is 5.82. The van der Waals surface area contributed by atoms with Crippen LogP contribution in [0.4, 0.5) is 5.69 Å². The Hall–Kier alpha value is -1.02. The molecule has 17 heavy (non-hydrogen) atoms. The van der Waals surface area contributed by atoms with Crippen molar-refractivity contribution >= 4 is 5.69 Å². The van der Waals surface area contributed by atoms with Gasteiger partial charge < -0.3 is 10.2 Å². The fraction of sp³-hybridized carbons (Fsp3) is 0.600. The SMILES string of the molecule is CNCCC1CCN(c2ccccc2C)CC1. The summed E-state index contributed by atoms with van der Waals surface area (Å²) >= 11 is 0. The fourth-order valence-electron chi connectivity index (χ4n) is 2.73. The van der Waals surface area contributed by atoms with E-state index in [2.05, 4.69) is 41.4 Å². The van der Waals surface area contributed by atoms with E-state index >= 15 is 0 Å². The molecule has 1 fully saturated rings. The molecule has 0 aliphatic carbocycles. The summed E-state index contributed by atoms with van der Waals surface area (Å²) < 4.78 is 0. The first-order chi connectivity index (χ1) is 8.31. The number of anilines is 1. The minimum Gasteiger partial charge on any atom is -0.371 e. The summed E-state index contributed by atoms with van der Waals surface area (Å²) in [6.07, 6.45) is 4.02. The summed E-state index contributed by atoms with van der Waals surface area (Å²) in [5.74, 6) is 0.919. The van der Waals surface area contributed by atoms with Gasteiger partial charge in [-0.05, 0) is 57.3 Å². The Morgan fingerprint density at radius 3 is 2.59 bits per heavy atom. The quantitative estimate of drug-likeness (QED) is 0.858. The average Bonchev–Trinajstić information content (AvgIpc) is 2.38. The van der Waals surface area contributed by atoms with Crippen LogP contribution in [0.5, 0.6) is 0 Å². The zero-order valence-electron chi connectivity index (χ0n) is 11.1. The van der Waals surface area contributed by atoms with E-state index in [1.165, 1.54) is 43.6 Å². The summed E-state index contributed by atoms with van der Waals surface area (Å²) in [7, 11) is 2.04. The number of nitrogens with zero attached hydrogens (tertiary/aromatic N) is 1. The fourth-order valence-corrected chi connectivity index (χ4v) is 2.73. The second-order valence-electron chi connectivity index (χ2n) is 5.11. The Kier molecular flexibility index (Phi) is 4.43. The maximum Gasteiger partial charge on any atom is 0.0395 e. The molecule has 0 spiro atoms. The first kappa shape index (κ1) is 12.4. The number of hydrogen-bond acceptors (Lipinski definition) is 2. The molecule has 94 valence electrons. The number of aryl methyl sites for hydroxylation is 1. The number of rotatable bonds is 4. The molecule has 1 aliphatic heterocycles. The summed E-state index contributed by atoms with van der Waals surface area (Å²) in [5, 5.41) is 3.25. The van der Waals surface area contributed by atoms with Gasteiger partial charge in [-0.15, -0.1) is 0 Å². The smallest absolute Gasteiger partial charge is 0.0395 e. The molecule has 1 aromatic carbocycles. The zero-order valence-corrected chi connectivity index (χ0v) is 11.1. The number of hydrogen-bond donors (Lipinski definition) is 1. The van der Waals surface area contributed by atoms with Crippen LogP contribution in [-0.4, -0.2) is 26.7 Å².